The van der Waals surface area contributed by atoms with E-state index in [0.717, 1.165) is 11.1 Å². The van der Waals surface area contributed by atoms with Crippen LogP contribution in [0.4, 0.5) is 16.2 Å². The zero-order valence-electron chi connectivity index (χ0n) is 18.7. The predicted molar refractivity (Wildman–Crippen MR) is 152 cm³/mol. The van der Waals surface area contributed by atoms with Crippen LogP contribution in [0.1, 0.15) is 11.1 Å². The minimum Gasteiger partial charge on any atom is -0.486 e. The van der Waals surface area contributed by atoms with Crippen LogP contribution >= 0.6 is 55.1 Å². The third-order valence-corrected chi connectivity index (χ3v) is 6.58. The van der Waals surface area contributed by atoms with Crippen LogP contribution in [0.15, 0.2) is 93.9 Å². The van der Waals surface area contributed by atoms with Gasteiger partial charge in [0, 0.05) is 10.0 Å². The molecule has 9 heteroatoms. The molecule has 2 N–H and O–H groups in total. The molecule has 0 saturated carbocycles. The lowest BCUT2D eigenvalue weighted by atomic mass is 10.2. The minimum absolute atomic E-state index is 0.316. The second-order valence-electron chi connectivity index (χ2n) is 7.66. The molecular formula is C27H20Br2Cl2N2O3. The smallest absolute Gasteiger partial charge is 0.323 e. The fourth-order valence-corrected chi connectivity index (χ4v) is 5.18. The molecule has 0 aliphatic heterocycles. The van der Waals surface area contributed by atoms with Crippen LogP contribution in [0.5, 0.6) is 11.5 Å². The molecule has 0 aliphatic rings. The molecule has 0 fully saturated rings. The summed E-state index contributed by atoms with van der Waals surface area (Å²) in [5.74, 6) is 0.900. The Morgan fingerprint density at radius 2 is 1.06 bits per heavy atom. The Bertz CT molecular complexity index is 1250. The molecule has 0 aromatic heterocycles. The van der Waals surface area contributed by atoms with Gasteiger partial charge in [0.1, 0.15) is 13.2 Å². The van der Waals surface area contributed by atoms with E-state index in [0.29, 0.717) is 55.1 Å². The minimum atomic E-state index is -0.521. The van der Waals surface area contributed by atoms with Crippen LogP contribution in [0.25, 0.3) is 0 Å². The zero-order valence-corrected chi connectivity index (χ0v) is 23.4. The van der Waals surface area contributed by atoms with Gasteiger partial charge in [0.2, 0.25) is 0 Å². The number of nitrogens with one attached hydrogen (secondary N) is 2. The molecule has 0 spiro atoms. The number of ether oxygens (including phenoxy) is 2. The number of rotatable bonds is 8. The third-order valence-electron chi connectivity index (χ3n) is 4.97. The lowest BCUT2D eigenvalue weighted by Crippen LogP contribution is -2.20. The normalized spacial score (nSPS) is 10.6. The van der Waals surface area contributed by atoms with Gasteiger partial charge in [0.25, 0.3) is 0 Å². The van der Waals surface area contributed by atoms with Gasteiger partial charge < -0.3 is 20.1 Å². The highest BCUT2D eigenvalue weighted by atomic mass is 79.9. The summed E-state index contributed by atoms with van der Waals surface area (Å²) in [7, 11) is 0. The zero-order chi connectivity index (χ0) is 25.5. The van der Waals surface area contributed by atoms with Crippen molar-refractivity contribution in [2.45, 2.75) is 13.2 Å². The van der Waals surface area contributed by atoms with E-state index in [1.165, 1.54) is 0 Å². The van der Waals surface area contributed by atoms with E-state index < -0.39 is 6.03 Å². The molecule has 0 unspecified atom stereocenters. The molecule has 4 aromatic rings. The Morgan fingerprint density at radius 3 is 1.44 bits per heavy atom. The van der Waals surface area contributed by atoms with Crippen molar-refractivity contribution < 1.29 is 14.3 Å². The largest absolute Gasteiger partial charge is 0.486 e. The van der Waals surface area contributed by atoms with Crippen LogP contribution in [-0.4, -0.2) is 6.03 Å². The maximum Gasteiger partial charge on any atom is 0.323 e. The second-order valence-corrected chi connectivity index (χ2v) is 10.2. The summed E-state index contributed by atoms with van der Waals surface area (Å²) >= 11 is 19.5. The summed E-state index contributed by atoms with van der Waals surface area (Å²) < 4.78 is 13.2. The van der Waals surface area contributed by atoms with E-state index in [4.69, 9.17) is 32.7 Å². The standard InChI is InChI=1S/C27H20Br2Cl2N2O3/c28-21-11-19(30)13-23(25(21)35-15-17-7-3-1-4-8-17)32-27(34)33-24-14-20(31)12-22(29)26(24)36-16-18-9-5-2-6-10-18/h1-14H,15-16H2,(H2,32,33,34). The highest BCUT2D eigenvalue weighted by Gasteiger charge is 2.17. The summed E-state index contributed by atoms with van der Waals surface area (Å²) in [5.41, 5.74) is 2.77. The van der Waals surface area contributed by atoms with Gasteiger partial charge in [-0.05, 0) is 67.3 Å². The summed E-state index contributed by atoms with van der Waals surface area (Å²) in [6.45, 7) is 0.631. The van der Waals surface area contributed by atoms with Crippen molar-refractivity contribution in [2.75, 3.05) is 10.6 Å². The lowest BCUT2D eigenvalue weighted by molar-refractivity contribution is 0.261. The molecule has 0 saturated heterocycles. The number of urea groups is 1. The number of halogens is 4. The van der Waals surface area contributed by atoms with Crippen molar-refractivity contribution in [1.82, 2.24) is 0 Å². The molecular weight excluding hydrogens is 631 g/mol. The van der Waals surface area contributed by atoms with E-state index in [1.54, 1.807) is 24.3 Å². The fourth-order valence-electron chi connectivity index (χ4n) is 3.34. The fraction of sp³-hybridized carbons (Fsp3) is 0.0741. The SMILES string of the molecule is O=C(Nc1cc(Cl)cc(Br)c1OCc1ccccc1)Nc1cc(Cl)cc(Br)c1OCc1ccccc1. The maximum atomic E-state index is 13.0. The molecule has 2 amide bonds. The Labute approximate surface area is 236 Å². The lowest BCUT2D eigenvalue weighted by Gasteiger charge is -2.17. The van der Waals surface area contributed by atoms with Crippen molar-refractivity contribution in [3.05, 3.63) is 115 Å². The Morgan fingerprint density at radius 1 is 0.667 bits per heavy atom. The van der Waals surface area contributed by atoms with Crippen LogP contribution < -0.4 is 20.1 Å². The van der Waals surface area contributed by atoms with E-state index in [9.17, 15) is 4.79 Å². The van der Waals surface area contributed by atoms with Gasteiger partial charge in [-0.2, -0.15) is 0 Å². The topological polar surface area (TPSA) is 59.6 Å². The summed E-state index contributed by atoms with van der Waals surface area (Å²) in [6, 6.07) is 25.5. The first kappa shape index (κ1) is 26.4. The quantitative estimate of drug-likeness (QED) is 0.200. The third kappa shape index (κ3) is 7.17. The number of amides is 2. The number of anilines is 2. The van der Waals surface area contributed by atoms with Gasteiger partial charge >= 0.3 is 6.03 Å². The summed E-state index contributed by atoms with van der Waals surface area (Å²) in [5, 5.41) is 6.49. The van der Waals surface area contributed by atoms with Crippen molar-refractivity contribution in [1.29, 1.82) is 0 Å². The Hall–Kier alpha value is -2.71. The van der Waals surface area contributed by atoms with Crippen molar-refractivity contribution >= 4 is 72.5 Å². The molecule has 0 radical (unpaired) electrons. The number of benzene rings is 4. The number of hydrogen-bond acceptors (Lipinski definition) is 3. The van der Waals surface area contributed by atoms with Gasteiger partial charge in [-0.25, -0.2) is 4.79 Å². The van der Waals surface area contributed by atoms with Crippen molar-refractivity contribution in [3.8, 4) is 11.5 Å². The van der Waals surface area contributed by atoms with Gasteiger partial charge in [0.15, 0.2) is 11.5 Å². The van der Waals surface area contributed by atoms with E-state index in [2.05, 4.69) is 42.5 Å². The highest BCUT2D eigenvalue weighted by Crippen LogP contribution is 2.39. The number of carbonyl (C=O) groups excluding carboxylic acids is 1. The monoisotopic (exact) mass is 648 g/mol. The van der Waals surface area contributed by atoms with E-state index in [1.807, 2.05) is 60.7 Å². The first-order valence-corrected chi connectivity index (χ1v) is 13.1. The van der Waals surface area contributed by atoms with Crippen LogP contribution in [0.3, 0.4) is 0 Å². The maximum absolute atomic E-state index is 13.0. The number of hydrogen-bond donors (Lipinski definition) is 2. The molecule has 0 aliphatic carbocycles. The summed E-state index contributed by atoms with van der Waals surface area (Å²) in [4.78, 5) is 13.0. The van der Waals surface area contributed by atoms with Crippen LogP contribution in [0, 0.1) is 0 Å². The molecule has 0 heterocycles. The molecule has 0 bridgehead atoms. The van der Waals surface area contributed by atoms with Gasteiger partial charge in [-0.15, -0.1) is 0 Å². The van der Waals surface area contributed by atoms with Gasteiger partial charge in [0.05, 0.1) is 20.3 Å². The van der Waals surface area contributed by atoms with Crippen LogP contribution in [0.2, 0.25) is 10.0 Å². The molecule has 184 valence electrons. The Balaban J connectivity index is 1.52. The molecule has 4 rings (SSSR count). The van der Waals surface area contributed by atoms with Crippen molar-refractivity contribution in [3.63, 3.8) is 0 Å². The molecule has 4 aromatic carbocycles. The van der Waals surface area contributed by atoms with E-state index in [-0.39, 0.29) is 0 Å². The average molecular weight is 651 g/mol. The van der Waals surface area contributed by atoms with Crippen LogP contribution in [-0.2, 0) is 13.2 Å². The first-order chi connectivity index (χ1) is 17.4. The van der Waals surface area contributed by atoms with E-state index >= 15 is 0 Å². The van der Waals surface area contributed by atoms with Gasteiger partial charge in [-0.1, -0.05) is 83.9 Å². The summed E-state index contributed by atoms with van der Waals surface area (Å²) in [6.07, 6.45) is 0. The second kappa shape index (κ2) is 12.5. The molecule has 36 heavy (non-hydrogen) atoms. The Kier molecular flexibility index (Phi) is 9.15. The predicted octanol–water partition coefficient (Wildman–Crippen LogP) is 9.32. The highest BCUT2D eigenvalue weighted by molar-refractivity contribution is 9.11. The molecule has 5 nitrogen and oxygen atoms in total. The number of carbonyl (C=O) groups is 1. The molecule has 0 atom stereocenters. The average Bonchev–Trinajstić information content (AvgIpc) is 2.84. The van der Waals surface area contributed by atoms with Crippen molar-refractivity contribution in [2.24, 2.45) is 0 Å². The van der Waals surface area contributed by atoms with Gasteiger partial charge in [-0.3, -0.25) is 0 Å². The first-order valence-electron chi connectivity index (χ1n) is 10.8.